The maximum Gasteiger partial charge on any atom is 0.160 e. The Morgan fingerprint density at radius 3 is 2.36 bits per heavy atom. The monoisotopic (exact) mass is 160 g/mol. The summed E-state index contributed by atoms with van der Waals surface area (Å²) in [5.41, 5.74) is 0. The summed E-state index contributed by atoms with van der Waals surface area (Å²) in [5.74, 6) is 0.111. The van der Waals surface area contributed by atoms with Crippen molar-refractivity contribution < 1.29 is 14.3 Å². The molecule has 0 saturated carbocycles. The number of carbonyl (C=O) groups excluding carboxylic acids is 1. The quantitative estimate of drug-likeness (QED) is 0.521. The average molecular weight is 160 g/mol. The normalized spacial score (nSPS) is 10.0. The number of Topliss-reactive ketones (excluding diaryl/α,β-unsaturated/α-hetero) is 1. The molecular weight excluding hydrogens is 144 g/mol. The maximum atomic E-state index is 10.9. The summed E-state index contributed by atoms with van der Waals surface area (Å²) in [6.45, 7) is 5.79. The van der Waals surface area contributed by atoms with Crippen molar-refractivity contribution in [3.05, 3.63) is 0 Å². The molecule has 0 fully saturated rings. The van der Waals surface area contributed by atoms with Crippen LogP contribution in [0.15, 0.2) is 0 Å². The van der Waals surface area contributed by atoms with Gasteiger partial charge in [0.25, 0.3) is 0 Å². The molecule has 66 valence electrons. The van der Waals surface area contributed by atoms with Crippen molar-refractivity contribution in [2.45, 2.75) is 20.3 Å². The fourth-order valence-electron chi connectivity index (χ4n) is 0.618. The molecule has 0 bridgehead atoms. The summed E-state index contributed by atoms with van der Waals surface area (Å²) in [5, 5.41) is 0. The number of ether oxygens (including phenoxy) is 2. The summed E-state index contributed by atoms with van der Waals surface area (Å²) in [7, 11) is 0. The standard InChI is InChI=1S/C8H16O3/c1-3-10-6-5-8(9)7-11-4-2/h3-7H2,1-2H3. The van der Waals surface area contributed by atoms with Gasteiger partial charge in [-0.2, -0.15) is 0 Å². The molecule has 0 aromatic carbocycles. The second-order valence-corrected chi connectivity index (χ2v) is 2.12. The molecule has 0 amide bonds. The van der Waals surface area contributed by atoms with E-state index in [1.807, 2.05) is 13.8 Å². The lowest BCUT2D eigenvalue weighted by molar-refractivity contribution is -0.124. The Hall–Kier alpha value is -0.410. The van der Waals surface area contributed by atoms with Crippen LogP contribution in [0.1, 0.15) is 20.3 Å². The molecular formula is C8H16O3. The molecule has 0 spiro atoms. The highest BCUT2D eigenvalue weighted by molar-refractivity contribution is 5.79. The van der Waals surface area contributed by atoms with Crippen LogP contribution < -0.4 is 0 Å². The lowest BCUT2D eigenvalue weighted by Gasteiger charge is -2.00. The van der Waals surface area contributed by atoms with E-state index >= 15 is 0 Å². The number of ketones is 1. The first-order valence-electron chi connectivity index (χ1n) is 3.98. The molecule has 3 nitrogen and oxygen atoms in total. The first-order chi connectivity index (χ1) is 5.31. The fourth-order valence-corrected chi connectivity index (χ4v) is 0.618. The van der Waals surface area contributed by atoms with Gasteiger partial charge in [0.2, 0.25) is 0 Å². The molecule has 0 aliphatic rings. The first-order valence-corrected chi connectivity index (χ1v) is 3.98. The third kappa shape index (κ3) is 7.49. The molecule has 0 aliphatic heterocycles. The molecule has 3 heteroatoms. The molecule has 0 heterocycles. The molecule has 0 aromatic heterocycles. The predicted molar refractivity (Wildman–Crippen MR) is 42.6 cm³/mol. The van der Waals surface area contributed by atoms with E-state index in [9.17, 15) is 4.79 Å². The van der Waals surface area contributed by atoms with E-state index in [-0.39, 0.29) is 12.4 Å². The van der Waals surface area contributed by atoms with E-state index < -0.39 is 0 Å². The topological polar surface area (TPSA) is 35.5 Å². The van der Waals surface area contributed by atoms with Crippen molar-refractivity contribution >= 4 is 5.78 Å². The minimum atomic E-state index is 0.111. The molecule has 0 rings (SSSR count). The van der Waals surface area contributed by atoms with Gasteiger partial charge in [-0.05, 0) is 13.8 Å². The Morgan fingerprint density at radius 2 is 1.82 bits per heavy atom. The Bertz CT molecular complexity index is 102. The summed E-state index contributed by atoms with van der Waals surface area (Å²) >= 11 is 0. The number of hydrogen-bond acceptors (Lipinski definition) is 3. The van der Waals surface area contributed by atoms with Gasteiger partial charge in [-0.15, -0.1) is 0 Å². The number of rotatable bonds is 7. The Labute approximate surface area is 67.7 Å². The van der Waals surface area contributed by atoms with E-state index in [0.717, 1.165) is 0 Å². The SMILES string of the molecule is CCOCCC(=O)COCC. The van der Waals surface area contributed by atoms with Crippen molar-refractivity contribution in [1.82, 2.24) is 0 Å². The minimum Gasteiger partial charge on any atom is -0.381 e. The summed E-state index contributed by atoms with van der Waals surface area (Å²) in [6, 6.07) is 0. The smallest absolute Gasteiger partial charge is 0.160 e. The Morgan fingerprint density at radius 1 is 1.18 bits per heavy atom. The molecule has 11 heavy (non-hydrogen) atoms. The van der Waals surface area contributed by atoms with Gasteiger partial charge in [0.1, 0.15) is 6.61 Å². The van der Waals surface area contributed by atoms with Crippen LogP contribution in [0.5, 0.6) is 0 Å². The lowest BCUT2D eigenvalue weighted by atomic mass is 10.3. The van der Waals surface area contributed by atoms with Gasteiger partial charge >= 0.3 is 0 Å². The van der Waals surface area contributed by atoms with Crippen LogP contribution in [0.4, 0.5) is 0 Å². The molecule has 0 unspecified atom stereocenters. The highest BCUT2D eigenvalue weighted by atomic mass is 16.5. The maximum absolute atomic E-state index is 10.9. The average Bonchev–Trinajstić information content (AvgIpc) is 2.01. The minimum absolute atomic E-state index is 0.111. The van der Waals surface area contributed by atoms with Crippen LogP contribution in [-0.2, 0) is 14.3 Å². The predicted octanol–water partition coefficient (Wildman–Crippen LogP) is 1.02. The van der Waals surface area contributed by atoms with Gasteiger partial charge < -0.3 is 9.47 Å². The van der Waals surface area contributed by atoms with Crippen molar-refractivity contribution in [1.29, 1.82) is 0 Å². The van der Waals surface area contributed by atoms with Gasteiger partial charge in [-0.1, -0.05) is 0 Å². The van der Waals surface area contributed by atoms with Crippen LogP contribution in [-0.4, -0.2) is 32.2 Å². The molecule has 0 atom stereocenters. The van der Waals surface area contributed by atoms with Crippen molar-refractivity contribution in [2.75, 3.05) is 26.4 Å². The van der Waals surface area contributed by atoms with Crippen LogP contribution in [0.3, 0.4) is 0 Å². The van der Waals surface area contributed by atoms with Crippen molar-refractivity contribution in [2.24, 2.45) is 0 Å². The van der Waals surface area contributed by atoms with Crippen LogP contribution in [0, 0.1) is 0 Å². The number of hydrogen-bond donors (Lipinski definition) is 0. The fraction of sp³-hybridized carbons (Fsp3) is 0.875. The molecule has 0 aromatic rings. The van der Waals surface area contributed by atoms with Crippen LogP contribution in [0.25, 0.3) is 0 Å². The Balaban J connectivity index is 3.09. The summed E-state index contributed by atoms with van der Waals surface area (Å²) in [4.78, 5) is 10.9. The van der Waals surface area contributed by atoms with E-state index in [2.05, 4.69) is 0 Å². The Kier molecular flexibility index (Phi) is 7.41. The number of carbonyl (C=O) groups is 1. The van der Waals surface area contributed by atoms with Crippen LogP contribution in [0.2, 0.25) is 0 Å². The summed E-state index contributed by atoms with van der Waals surface area (Å²) in [6.07, 6.45) is 0.466. The third-order valence-electron chi connectivity index (χ3n) is 1.20. The van der Waals surface area contributed by atoms with E-state index in [1.54, 1.807) is 0 Å². The van der Waals surface area contributed by atoms with Gasteiger partial charge in [-0.3, -0.25) is 4.79 Å². The second kappa shape index (κ2) is 7.69. The molecule has 0 aliphatic carbocycles. The van der Waals surface area contributed by atoms with Gasteiger partial charge in [0.05, 0.1) is 6.61 Å². The molecule has 0 radical (unpaired) electrons. The molecule has 0 N–H and O–H groups in total. The summed E-state index contributed by atoms with van der Waals surface area (Å²) < 4.78 is 9.93. The molecule has 0 saturated heterocycles. The third-order valence-corrected chi connectivity index (χ3v) is 1.20. The highest BCUT2D eigenvalue weighted by Gasteiger charge is 1.99. The zero-order valence-electron chi connectivity index (χ0n) is 7.26. The first kappa shape index (κ1) is 10.6. The van der Waals surface area contributed by atoms with Gasteiger partial charge in [-0.25, -0.2) is 0 Å². The van der Waals surface area contributed by atoms with E-state index in [0.29, 0.717) is 26.2 Å². The second-order valence-electron chi connectivity index (χ2n) is 2.12. The van der Waals surface area contributed by atoms with Crippen LogP contribution >= 0.6 is 0 Å². The zero-order chi connectivity index (χ0) is 8.53. The van der Waals surface area contributed by atoms with Gasteiger partial charge in [0.15, 0.2) is 5.78 Å². The van der Waals surface area contributed by atoms with Crippen molar-refractivity contribution in [3.63, 3.8) is 0 Å². The highest BCUT2D eigenvalue weighted by Crippen LogP contribution is 1.86. The zero-order valence-corrected chi connectivity index (χ0v) is 7.26. The van der Waals surface area contributed by atoms with Crippen molar-refractivity contribution in [3.8, 4) is 0 Å². The lowest BCUT2D eigenvalue weighted by Crippen LogP contribution is -2.11. The van der Waals surface area contributed by atoms with E-state index in [1.165, 1.54) is 0 Å². The van der Waals surface area contributed by atoms with E-state index in [4.69, 9.17) is 9.47 Å². The van der Waals surface area contributed by atoms with Gasteiger partial charge in [0, 0.05) is 19.6 Å². The largest absolute Gasteiger partial charge is 0.381 e.